The molecule has 25 nitrogen and oxygen atoms in total. The van der Waals surface area contributed by atoms with E-state index < -0.39 is 102 Å². The van der Waals surface area contributed by atoms with Crippen LogP contribution in [0.1, 0.15) is 89.2 Å². The lowest BCUT2D eigenvalue weighted by atomic mass is 10.0. The highest BCUT2D eigenvalue weighted by Crippen LogP contribution is 2.20. The molecular weight excluding hydrogens is 976 g/mol. The molecule has 1 aliphatic heterocycles. The van der Waals surface area contributed by atoms with E-state index in [0.29, 0.717) is 17.5 Å². The number of hydrogen-bond acceptors (Lipinski definition) is 11. The van der Waals surface area contributed by atoms with Crippen LogP contribution in [0.25, 0.3) is 10.9 Å². The summed E-state index contributed by atoms with van der Waals surface area (Å²) in [5.41, 5.74) is 29.5. The minimum atomic E-state index is -1.72. The number of urea groups is 1. The van der Waals surface area contributed by atoms with Crippen molar-refractivity contribution in [3.05, 3.63) is 71.7 Å². The first-order valence-corrected chi connectivity index (χ1v) is 24.8. The van der Waals surface area contributed by atoms with Gasteiger partial charge >= 0.3 is 6.03 Å². The fourth-order valence-corrected chi connectivity index (χ4v) is 8.16. The maximum atomic E-state index is 14.7. The van der Waals surface area contributed by atoms with Crippen LogP contribution in [-0.4, -0.2) is 138 Å². The van der Waals surface area contributed by atoms with E-state index in [1.165, 1.54) is 19.1 Å². The molecule has 0 aliphatic carbocycles. The van der Waals surface area contributed by atoms with Gasteiger partial charge in [0.15, 0.2) is 11.9 Å². The van der Waals surface area contributed by atoms with E-state index in [1.54, 1.807) is 19.2 Å². The first-order valence-electron chi connectivity index (χ1n) is 24.8. The number of amides is 10. The van der Waals surface area contributed by atoms with Gasteiger partial charge in [0.2, 0.25) is 41.4 Å². The lowest BCUT2D eigenvalue weighted by molar-refractivity contribution is -0.137. The van der Waals surface area contributed by atoms with Crippen LogP contribution in [0.3, 0.4) is 0 Å². The fraction of sp³-hybridized carbons (Fsp3) is 0.490. The number of aromatic nitrogens is 1. The Morgan fingerprint density at radius 1 is 0.787 bits per heavy atom. The summed E-state index contributed by atoms with van der Waals surface area (Å²) >= 11 is 0. The molecule has 6 atom stereocenters. The van der Waals surface area contributed by atoms with Gasteiger partial charge in [0.1, 0.15) is 42.1 Å². The fourth-order valence-electron chi connectivity index (χ4n) is 8.16. The van der Waals surface area contributed by atoms with Crippen molar-refractivity contribution in [1.82, 2.24) is 47.1 Å². The number of para-hydroxylation sites is 1. The Labute approximate surface area is 433 Å². The van der Waals surface area contributed by atoms with E-state index in [-0.39, 0.29) is 102 Å². The number of fused-ring (bicyclic) bond motifs is 1. The summed E-state index contributed by atoms with van der Waals surface area (Å²) in [6, 6.07) is 2.58. The molecule has 2 aromatic carbocycles. The average Bonchev–Trinajstić information content (AvgIpc) is 3.76. The standard InChI is InChI=1S/C49H71FN16O9/c1-3-4-23-66-46(74)39(64-42(70)35(60-28(2)67)14-9-21-57-47(52)53)26-40(68)56-20-8-7-13-34(41(51)69)61-45(73)38(25-30-27-59-33-12-6-5-11-32(30)33)63-43(71)36(15-10-22-58-48(54)55)62-44(72)37(65-49(66)75)24-29-16-18-31(50)19-17-29/h5-6,11-12,16-19,27,34-39,59H,3-4,7-10,13-15,20-26H2,1-2H3,(H2,51,69)(H,56,68)(H,60,67)(H,61,73)(H,62,72)(H,63,71)(H,64,70)(H,65,75)(H4,52,53,57)(H4,54,55,58)/t34-,35-,36-,37+,38-,39-/m0/s1. The summed E-state index contributed by atoms with van der Waals surface area (Å²) in [4.78, 5) is 137. The second-order valence-electron chi connectivity index (χ2n) is 18.1. The number of benzene rings is 2. The van der Waals surface area contributed by atoms with Crippen molar-refractivity contribution < 1.29 is 47.5 Å². The Morgan fingerprint density at radius 2 is 1.43 bits per heavy atom. The Balaban J connectivity index is 1.80. The molecule has 0 unspecified atom stereocenters. The minimum Gasteiger partial charge on any atom is -0.370 e. The van der Waals surface area contributed by atoms with Crippen molar-refractivity contribution in [1.29, 1.82) is 0 Å². The molecule has 0 saturated carbocycles. The number of carbonyl (C=O) groups excluding carboxylic acids is 9. The third-order valence-electron chi connectivity index (χ3n) is 12.1. The number of carbonyl (C=O) groups is 9. The smallest absolute Gasteiger partial charge is 0.324 e. The molecule has 1 saturated heterocycles. The van der Waals surface area contributed by atoms with Crippen molar-refractivity contribution in [2.75, 3.05) is 26.2 Å². The van der Waals surface area contributed by atoms with Crippen LogP contribution in [0, 0.1) is 5.82 Å². The summed E-state index contributed by atoms with van der Waals surface area (Å²) in [5, 5.41) is 19.2. The Kier molecular flexibility index (Phi) is 23.7. The highest BCUT2D eigenvalue weighted by Gasteiger charge is 2.37. The normalized spacial score (nSPS) is 20.1. The number of nitrogens with one attached hydrogen (secondary N) is 8. The van der Waals surface area contributed by atoms with E-state index >= 15 is 0 Å². The molecule has 3 aromatic rings. The Morgan fingerprint density at radius 3 is 2.09 bits per heavy atom. The lowest BCUT2D eigenvalue weighted by Crippen LogP contribution is -2.61. The zero-order valence-corrected chi connectivity index (χ0v) is 42.3. The molecule has 4 rings (SSSR count). The molecular formula is C49H71FN16O9. The zero-order chi connectivity index (χ0) is 55.0. The minimum absolute atomic E-state index is 0.000316. The zero-order valence-electron chi connectivity index (χ0n) is 42.3. The predicted octanol–water partition coefficient (Wildman–Crippen LogP) is -1.47. The quantitative estimate of drug-likeness (QED) is 0.0371. The van der Waals surface area contributed by atoms with Crippen LogP contribution in [0.5, 0.6) is 0 Å². The van der Waals surface area contributed by atoms with Crippen molar-refractivity contribution in [3.63, 3.8) is 0 Å². The van der Waals surface area contributed by atoms with Gasteiger partial charge in [-0.3, -0.25) is 53.2 Å². The summed E-state index contributed by atoms with van der Waals surface area (Å²) in [6.45, 7) is 2.82. The second-order valence-corrected chi connectivity index (χ2v) is 18.1. The lowest BCUT2D eigenvalue weighted by Gasteiger charge is -2.30. The number of nitrogens with two attached hydrogens (primary N) is 5. The number of aromatic amines is 1. The van der Waals surface area contributed by atoms with Gasteiger partial charge in [-0.25, -0.2) is 9.18 Å². The van der Waals surface area contributed by atoms with Crippen LogP contribution in [0.15, 0.2) is 64.7 Å². The van der Waals surface area contributed by atoms with E-state index in [9.17, 15) is 47.5 Å². The molecule has 1 aromatic heterocycles. The van der Waals surface area contributed by atoms with Gasteiger partial charge in [-0.05, 0) is 80.7 Å². The van der Waals surface area contributed by atoms with Crippen LogP contribution in [0.4, 0.5) is 9.18 Å². The monoisotopic (exact) mass is 1050 g/mol. The number of primary amides is 1. The Bertz CT molecular complexity index is 2530. The number of nitrogens with zero attached hydrogens (tertiary/aromatic N) is 3. The molecule has 26 heteroatoms. The van der Waals surface area contributed by atoms with Crippen molar-refractivity contribution in [2.45, 2.75) is 127 Å². The third kappa shape index (κ3) is 19.9. The van der Waals surface area contributed by atoms with E-state index in [4.69, 9.17) is 28.7 Å². The summed E-state index contributed by atoms with van der Waals surface area (Å²) < 4.78 is 14.2. The third-order valence-corrected chi connectivity index (χ3v) is 12.1. The number of H-pyrrole nitrogens is 1. The SMILES string of the molecule is CCCCN1C(=O)N[C@H](Cc2ccc(F)cc2)C(=O)N[C@@H](CCCN=C(N)N)C(=O)N[C@@H](Cc2c[nH]c3ccccc23)C(=O)N[C@H](C(N)=O)CCCCNC(=O)C[C@H](NC(=O)[C@H](CCCN=C(N)N)NC(C)=O)C1=O. The summed E-state index contributed by atoms with van der Waals surface area (Å²) in [6.07, 6.45) is 1.97. The van der Waals surface area contributed by atoms with Crippen molar-refractivity contribution >= 4 is 76.1 Å². The highest BCUT2D eigenvalue weighted by atomic mass is 19.1. The van der Waals surface area contributed by atoms with Gasteiger partial charge in [-0.15, -0.1) is 0 Å². The van der Waals surface area contributed by atoms with Gasteiger partial charge in [0.25, 0.3) is 5.91 Å². The molecule has 10 amide bonds. The molecule has 1 aliphatic rings. The number of guanidine groups is 2. The van der Waals surface area contributed by atoms with E-state index in [1.807, 2.05) is 18.2 Å². The summed E-state index contributed by atoms with van der Waals surface area (Å²) in [5.74, 6) is -7.72. The molecule has 0 spiro atoms. The van der Waals surface area contributed by atoms with Gasteiger partial charge in [0.05, 0.1) is 6.42 Å². The van der Waals surface area contributed by atoms with Crippen LogP contribution in [0.2, 0.25) is 0 Å². The topological polar surface area (TPSA) is 412 Å². The average molecular weight is 1050 g/mol. The van der Waals surface area contributed by atoms with Gasteiger partial charge in [0, 0.05) is 63.0 Å². The molecule has 0 bridgehead atoms. The predicted molar refractivity (Wildman–Crippen MR) is 277 cm³/mol. The molecule has 1 fully saturated rings. The van der Waals surface area contributed by atoms with Gasteiger partial charge in [-0.2, -0.15) is 0 Å². The first-order chi connectivity index (χ1) is 35.8. The van der Waals surface area contributed by atoms with Crippen LogP contribution < -0.4 is 65.9 Å². The molecule has 75 heavy (non-hydrogen) atoms. The number of imide groups is 1. The number of rotatable bonds is 19. The molecule has 2 heterocycles. The van der Waals surface area contributed by atoms with Crippen LogP contribution in [-0.2, 0) is 51.2 Å². The Hall–Kier alpha value is -8.32. The number of halogens is 1. The number of aliphatic imine (C=N–C) groups is 2. The van der Waals surface area contributed by atoms with E-state index in [0.717, 1.165) is 27.9 Å². The molecule has 408 valence electrons. The first kappa shape index (κ1) is 59.2. The highest BCUT2D eigenvalue weighted by molar-refractivity contribution is 6.03. The van der Waals surface area contributed by atoms with Crippen molar-refractivity contribution in [3.8, 4) is 0 Å². The largest absolute Gasteiger partial charge is 0.370 e. The van der Waals surface area contributed by atoms with Gasteiger partial charge < -0.3 is 70.9 Å². The van der Waals surface area contributed by atoms with Crippen LogP contribution >= 0.6 is 0 Å². The molecule has 0 radical (unpaired) electrons. The summed E-state index contributed by atoms with van der Waals surface area (Å²) in [7, 11) is 0. The maximum absolute atomic E-state index is 14.7. The van der Waals surface area contributed by atoms with E-state index in [2.05, 4.69) is 52.2 Å². The van der Waals surface area contributed by atoms with Crippen molar-refractivity contribution in [2.24, 2.45) is 38.7 Å². The van der Waals surface area contributed by atoms with Gasteiger partial charge in [-0.1, -0.05) is 43.7 Å². The number of hydrogen-bond donors (Lipinski definition) is 13. The number of unbranched alkanes of at least 4 members (excludes halogenated alkanes) is 1. The molecule has 18 N–H and O–H groups in total. The maximum Gasteiger partial charge on any atom is 0.324 e. The second kappa shape index (κ2) is 30.0.